The van der Waals surface area contributed by atoms with Gasteiger partial charge in [0.1, 0.15) is 0 Å². The fourth-order valence-corrected chi connectivity index (χ4v) is 2.23. The number of amides is 1. The van der Waals surface area contributed by atoms with Crippen molar-refractivity contribution in [2.24, 2.45) is 11.7 Å². The molecule has 1 unspecified atom stereocenters. The van der Waals surface area contributed by atoms with Gasteiger partial charge in [-0.3, -0.25) is 9.59 Å². The highest BCUT2D eigenvalue weighted by molar-refractivity contribution is 5.85. The van der Waals surface area contributed by atoms with Crippen molar-refractivity contribution in [1.82, 2.24) is 4.90 Å². The summed E-state index contributed by atoms with van der Waals surface area (Å²) in [5.41, 5.74) is 5.52. The summed E-state index contributed by atoms with van der Waals surface area (Å²) in [6.45, 7) is 0.701. The number of nitrogens with two attached hydrogens (primary N) is 1. The lowest BCUT2D eigenvalue weighted by atomic mass is 10.1. The quantitative estimate of drug-likeness (QED) is 0.715. The molecule has 0 saturated heterocycles. The van der Waals surface area contributed by atoms with E-state index in [1.165, 1.54) is 12.8 Å². The number of hydrogen-bond acceptors (Lipinski definition) is 3. The van der Waals surface area contributed by atoms with Crippen molar-refractivity contribution in [2.45, 2.75) is 38.1 Å². The minimum Gasteiger partial charge on any atom is -0.481 e. The Labute approximate surface area is 95.6 Å². The molecule has 3 N–H and O–H groups in total. The zero-order chi connectivity index (χ0) is 12.1. The van der Waals surface area contributed by atoms with Crippen LogP contribution in [0.15, 0.2) is 0 Å². The molecule has 0 aromatic heterocycles. The first-order valence-electron chi connectivity index (χ1n) is 5.73. The number of nitrogens with zero attached hydrogens (tertiary/aromatic N) is 1. The van der Waals surface area contributed by atoms with Gasteiger partial charge in [0.15, 0.2) is 0 Å². The Bertz CT molecular complexity index is 262. The van der Waals surface area contributed by atoms with Gasteiger partial charge in [-0.15, -0.1) is 0 Å². The lowest BCUT2D eigenvalue weighted by molar-refractivity contribution is -0.141. The average molecular weight is 228 g/mol. The molecule has 5 nitrogen and oxygen atoms in total. The Morgan fingerprint density at radius 1 is 1.44 bits per heavy atom. The average Bonchev–Trinajstić information content (AvgIpc) is 2.68. The first-order chi connectivity index (χ1) is 7.50. The second-order valence-corrected chi connectivity index (χ2v) is 4.57. The summed E-state index contributed by atoms with van der Waals surface area (Å²) in [6.07, 6.45) is 4.48. The van der Waals surface area contributed by atoms with E-state index < -0.39 is 12.0 Å². The molecule has 1 fully saturated rings. The first kappa shape index (κ1) is 13.0. The van der Waals surface area contributed by atoms with Crippen molar-refractivity contribution in [2.75, 3.05) is 13.6 Å². The third-order valence-corrected chi connectivity index (χ3v) is 3.09. The maximum absolute atomic E-state index is 11.7. The van der Waals surface area contributed by atoms with Gasteiger partial charge in [-0.2, -0.15) is 0 Å². The summed E-state index contributed by atoms with van der Waals surface area (Å²) >= 11 is 0. The second kappa shape index (κ2) is 5.84. The van der Waals surface area contributed by atoms with Crippen LogP contribution in [0.5, 0.6) is 0 Å². The van der Waals surface area contributed by atoms with Gasteiger partial charge in [0.25, 0.3) is 0 Å². The highest BCUT2D eigenvalue weighted by Crippen LogP contribution is 2.25. The standard InChI is InChI=1S/C11H20N2O3/c1-13(7-8-4-2-3-5-8)11(16)9(12)6-10(14)15/h8-9H,2-7,12H2,1H3,(H,14,15). The predicted molar refractivity (Wildman–Crippen MR) is 59.8 cm³/mol. The smallest absolute Gasteiger partial charge is 0.305 e. The van der Waals surface area contributed by atoms with E-state index in [9.17, 15) is 9.59 Å². The van der Waals surface area contributed by atoms with E-state index in [1.54, 1.807) is 11.9 Å². The van der Waals surface area contributed by atoms with Crippen LogP contribution >= 0.6 is 0 Å². The molecule has 0 heterocycles. The zero-order valence-electron chi connectivity index (χ0n) is 9.69. The van der Waals surface area contributed by atoms with Crippen LogP contribution in [0, 0.1) is 5.92 Å². The Hall–Kier alpha value is -1.10. The number of rotatable bonds is 5. The number of carboxylic acid groups (broad SMARTS) is 1. The van der Waals surface area contributed by atoms with Crippen LogP contribution in [-0.2, 0) is 9.59 Å². The largest absolute Gasteiger partial charge is 0.481 e. The summed E-state index contributed by atoms with van der Waals surface area (Å²) in [6, 6.07) is -0.913. The Morgan fingerprint density at radius 3 is 2.50 bits per heavy atom. The first-order valence-corrected chi connectivity index (χ1v) is 5.73. The minimum absolute atomic E-state index is 0.269. The van der Waals surface area contributed by atoms with Crippen LogP contribution in [0.2, 0.25) is 0 Å². The molecular weight excluding hydrogens is 208 g/mol. The Balaban J connectivity index is 2.36. The van der Waals surface area contributed by atoms with E-state index in [0.29, 0.717) is 12.5 Å². The Kier molecular flexibility index (Phi) is 4.73. The summed E-state index contributed by atoms with van der Waals surface area (Å²) in [4.78, 5) is 23.7. The van der Waals surface area contributed by atoms with Gasteiger partial charge >= 0.3 is 5.97 Å². The molecule has 0 aliphatic heterocycles. The van der Waals surface area contributed by atoms with Gasteiger partial charge in [-0.1, -0.05) is 12.8 Å². The van der Waals surface area contributed by atoms with E-state index in [2.05, 4.69) is 0 Å². The van der Waals surface area contributed by atoms with Gasteiger partial charge in [-0.05, 0) is 18.8 Å². The van der Waals surface area contributed by atoms with E-state index in [1.807, 2.05) is 0 Å². The Morgan fingerprint density at radius 2 is 2.00 bits per heavy atom. The number of aliphatic carboxylic acids is 1. The summed E-state index contributed by atoms with van der Waals surface area (Å²) in [5, 5.41) is 8.55. The lowest BCUT2D eigenvalue weighted by Gasteiger charge is -2.23. The molecule has 1 aliphatic carbocycles. The SMILES string of the molecule is CN(CC1CCCC1)C(=O)C(N)CC(=O)O. The third-order valence-electron chi connectivity index (χ3n) is 3.09. The molecule has 0 radical (unpaired) electrons. The second-order valence-electron chi connectivity index (χ2n) is 4.57. The molecule has 0 aromatic carbocycles. The number of likely N-dealkylation sites (N-methyl/N-ethyl adjacent to an activating group) is 1. The van der Waals surface area contributed by atoms with Crippen molar-refractivity contribution < 1.29 is 14.7 Å². The van der Waals surface area contributed by atoms with Crippen molar-refractivity contribution in [3.63, 3.8) is 0 Å². The van der Waals surface area contributed by atoms with Gasteiger partial charge in [-0.25, -0.2) is 0 Å². The maximum atomic E-state index is 11.7. The molecule has 1 amide bonds. The summed E-state index contributed by atoms with van der Waals surface area (Å²) < 4.78 is 0. The molecule has 92 valence electrons. The number of carbonyl (C=O) groups excluding carboxylic acids is 1. The van der Waals surface area contributed by atoms with E-state index in [0.717, 1.165) is 12.8 Å². The van der Waals surface area contributed by atoms with Crippen LogP contribution in [0.4, 0.5) is 0 Å². The summed E-state index contributed by atoms with van der Waals surface area (Å²) in [5.74, 6) is -0.740. The topological polar surface area (TPSA) is 83.6 Å². The van der Waals surface area contributed by atoms with Gasteiger partial charge in [0.05, 0.1) is 12.5 Å². The fourth-order valence-electron chi connectivity index (χ4n) is 2.23. The molecule has 1 rings (SSSR count). The normalized spacial score (nSPS) is 18.4. The van der Waals surface area contributed by atoms with Crippen molar-refractivity contribution >= 4 is 11.9 Å². The van der Waals surface area contributed by atoms with Crippen LogP contribution < -0.4 is 5.73 Å². The number of hydrogen-bond donors (Lipinski definition) is 2. The fraction of sp³-hybridized carbons (Fsp3) is 0.818. The van der Waals surface area contributed by atoms with Gasteiger partial charge < -0.3 is 15.7 Å². The molecule has 1 atom stereocenters. The van der Waals surface area contributed by atoms with Crippen molar-refractivity contribution in [3.05, 3.63) is 0 Å². The van der Waals surface area contributed by atoms with Crippen LogP contribution in [0.3, 0.4) is 0 Å². The molecule has 16 heavy (non-hydrogen) atoms. The molecule has 1 aliphatic rings. The molecular formula is C11H20N2O3. The molecule has 0 aromatic rings. The molecule has 0 spiro atoms. The molecule has 1 saturated carbocycles. The minimum atomic E-state index is -1.03. The van der Waals surface area contributed by atoms with Gasteiger partial charge in [0, 0.05) is 13.6 Å². The van der Waals surface area contributed by atoms with Crippen LogP contribution in [0.1, 0.15) is 32.1 Å². The highest BCUT2D eigenvalue weighted by atomic mass is 16.4. The number of carbonyl (C=O) groups is 2. The summed E-state index contributed by atoms with van der Waals surface area (Å²) in [7, 11) is 1.70. The monoisotopic (exact) mass is 228 g/mol. The van der Waals surface area contributed by atoms with E-state index >= 15 is 0 Å². The van der Waals surface area contributed by atoms with Crippen LogP contribution in [0.25, 0.3) is 0 Å². The lowest BCUT2D eigenvalue weighted by Crippen LogP contribution is -2.44. The molecule has 0 bridgehead atoms. The van der Waals surface area contributed by atoms with E-state index in [4.69, 9.17) is 10.8 Å². The van der Waals surface area contributed by atoms with Gasteiger partial charge in [0.2, 0.25) is 5.91 Å². The highest BCUT2D eigenvalue weighted by Gasteiger charge is 2.24. The number of carboxylic acids is 1. The maximum Gasteiger partial charge on any atom is 0.305 e. The molecule has 5 heteroatoms. The van der Waals surface area contributed by atoms with E-state index in [-0.39, 0.29) is 12.3 Å². The predicted octanol–water partition coefficient (Wildman–Crippen LogP) is 0.437. The van der Waals surface area contributed by atoms with Crippen LogP contribution in [-0.4, -0.2) is 41.5 Å². The zero-order valence-corrected chi connectivity index (χ0v) is 9.69. The van der Waals surface area contributed by atoms with Crippen molar-refractivity contribution in [1.29, 1.82) is 0 Å². The third kappa shape index (κ3) is 3.81. The van der Waals surface area contributed by atoms with Crippen molar-refractivity contribution in [3.8, 4) is 0 Å².